The van der Waals surface area contributed by atoms with Crippen molar-refractivity contribution in [2.24, 2.45) is 0 Å². The van der Waals surface area contributed by atoms with Crippen LogP contribution in [-0.4, -0.2) is 14.5 Å². The zero-order chi connectivity index (χ0) is 30.4. The predicted molar refractivity (Wildman–Crippen MR) is 190 cm³/mol. The molecule has 216 valence electrons. The molecule has 5 nitrogen and oxygen atoms in total. The van der Waals surface area contributed by atoms with E-state index in [0.717, 1.165) is 83.0 Å². The normalized spacial score (nSPS) is 12.7. The zero-order valence-electron chi connectivity index (χ0n) is 24.8. The molecule has 7 aromatic carbocycles. The highest BCUT2D eigenvalue weighted by atomic mass is 16.3. The van der Waals surface area contributed by atoms with Crippen molar-refractivity contribution in [1.29, 1.82) is 0 Å². The number of para-hydroxylation sites is 4. The second kappa shape index (κ2) is 8.22. The largest absolute Gasteiger partial charge is 0.456 e. The quantitative estimate of drug-likeness (QED) is 0.198. The van der Waals surface area contributed by atoms with Crippen molar-refractivity contribution in [3.8, 4) is 28.2 Å². The van der Waals surface area contributed by atoms with Gasteiger partial charge in [-0.1, -0.05) is 78.9 Å². The highest BCUT2D eigenvalue weighted by Crippen LogP contribution is 2.51. The molecule has 5 heteroatoms. The van der Waals surface area contributed by atoms with Gasteiger partial charge in [0.2, 0.25) is 0 Å². The van der Waals surface area contributed by atoms with Gasteiger partial charge in [-0.2, -0.15) is 0 Å². The second-order valence-corrected chi connectivity index (χ2v) is 12.5. The standard InChI is InChI=1S/C42H21N3O2/c1-4-16-32-23(9-1)26-12-6-13-27(41(26)47-32)40-42(44-29-15-3-2-14-28(29)43-40)45-30-19-18-22-8-5-10-24-25-11-7-17-33-36(25)39-34(46-33)21-20-31(45)38(39)37(30)35(22)24/h1-21H. The zero-order valence-corrected chi connectivity index (χ0v) is 24.8. The Morgan fingerprint density at radius 3 is 2.00 bits per heavy atom. The van der Waals surface area contributed by atoms with Crippen LogP contribution in [0.5, 0.6) is 0 Å². The van der Waals surface area contributed by atoms with Crippen LogP contribution >= 0.6 is 0 Å². The number of furan rings is 2. The molecule has 0 N–H and O–H groups in total. The smallest absolute Gasteiger partial charge is 0.165 e. The summed E-state index contributed by atoms with van der Waals surface area (Å²) in [5.74, 6) is 0.765. The number of hydrogen-bond acceptors (Lipinski definition) is 4. The third kappa shape index (κ3) is 2.86. The van der Waals surface area contributed by atoms with Crippen molar-refractivity contribution in [3.05, 3.63) is 127 Å². The fourth-order valence-corrected chi connectivity index (χ4v) is 8.21. The average molecular weight is 600 g/mol. The molecule has 0 fully saturated rings. The van der Waals surface area contributed by atoms with Crippen molar-refractivity contribution < 1.29 is 8.83 Å². The van der Waals surface area contributed by atoms with E-state index >= 15 is 0 Å². The predicted octanol–water partition coefficient (Wildman–Crippen LogP) is 11.3. The number of benzene rings is 7. The van der Waals surface area contributed by atoms with E-state index in [4.69, 9.17) is 18.8 Å². The number of nitrogens with zero attached hydrogens (tertiary/aromatic N) is 3. The summed E-state index contributed by atoms with van der Waals surface area (Å²) in [4.78, 5) is 10.8. The summed E-state index contributed by atoms with van der Waals surface area (Å²) in [6.07, 6.45) is 0. The van der Waals surface area contributed by atoms with Crippen molar-refractivity contribution in [1.82, 2.24) is 14.5 Å². The Morgan fingerprint density at radius 1 is 0.426 bits per heavy atom. The Labute approximate surface area is 265 Å². The first-order chi connectivity index (χ1) is 23.3. The molecular formula is C42H21N3O2. The first kappa shape index (κ1) is 23.9. The van der Waals surface area contributed by atoms with E-state index in [-0.39, 0.29) is 0 Å². The SMILES string of the molecule is c1cc2c3c(c1)ccc1c3c3c4c(ccc3n1-c1nc3ccccc3nc1-c1cccc3c1oc1ccccc13)oc1cccc-2c14. The van der Waals surface area contributed by atoms with Gasteiger partial charge < -0.3 is 8.83 Å². The van der Waals surface area contributed by atoms with Crippen LogP contribution in [0.1, 0.15) is 0 Å². The molecule has 47 heavy (non-hydrogen) atoms. The minimum absolute atomic E-state index is 0.765. The molecule has 0 saturated heterocycles. The summed E-state index contributed by atoms with van der Waals surface area (Å²) in [6, 6.07) is 44.4. The van der Waals surface area contributed by atoms with Gasteiger partial charge in [0.05, 0.1) is 22.1 Å². The van der Waals surface area contributed by atoms with Crippen LogP contribution in [0, 0.1) is 0 Å². The number of rotatable bonds is 2. The van der Waals surface area contributed by atoms with E-state index in [9.17, 15) is 0 Å². The summed E-state index contributed by atoms with van der Waals surface area (Å²) in [5, 5.41) is 9.31. The molecule has 1 aliphatic rings. The molecule has 0 amide bonds. The van der Waals surface area contributed by atoms with E-state index in [1.165, 1.54) is 32.7 Å². The van der Waals surface area contributed by atoms with Crippen LogP contribution < -0.4 is 0 Å². The van der Waals surface area contributed by atoms with Gasteiger partial charge in [0.25, 0.3) is 0 Å². The van der Waals surface area contributed by atoms with Gasteiger partial charge in [0, 0.05) is 37.9 Å². The van der Waals surface area contributed by atoms with Gasteiger partial charge in [-0.3, -0.25) is 4.57 Å². The Morgan fingerprint density at radius 2 is 1.09 bits per heavy atom. The Hall–Kier alpha value is -6.46. The molecule has 0 saturated carbocycles. The molecular weight excluding hydrogens is 578 g/mol. The maximum atomic E-state index is 6.57. The third-order valence-electron chi connectivity index (χ3n) is 10.1. The molecule has 0 radical (unpaired) electrons. The van der Waals surface area contributed by atoms with Crippen LogP contribution in [0.25, 0.3) is 116 Å². The van der Waals surface area contributed by atoms with Gasteiger partial charge in [-0.25, -0.2) is 9.97 Å². The molecule has 12 rings (SSSR count). The maximum Gasteiger partial charge on any atom is 0.165 e. The van der Waals surface area contributed by atoms with Crippen LogP contribution in [0.3, 0.4) is 0 Å². The van der Waals surface area contributed by atoms with E-state index in [0.29, 0.717) is 0 Å². The van der Waals surface area contributed by atoms with Gasteiger partial charge in [-0.05, 0) is 70.4 Å². The molecule has 0 bridgehead atoms. The summed E-state index contributed by atoms with van der Waals surface area (Å²) >= 11 is 0. The summed E-state index contributed by atoms with van der Waals surface area (Å²) in [6.45, 7) is 0. The van der Waals surface area contributed by atoms with E-state index in [1.54, 1.807) is 0 Å². The van der Waals surface area contributed by atoms with Gasteiger partial charge in [0.1, 0.15) is 28.0 Å². The third-order valence-corrected chi connectivity index (χ3v) is 10.1. The Kier molecular flexibility index (Phi) is 4.17. The van der Waals surface area contributed by atoms with Crippen molar-refractivity contribution >= 4 is 87.5 Å². The fraction of sp³-hybridized carbons (Fsp3) is 0. The van der Waals surface area contributed by atoms with Gasteiger partial charge >= 0.3 is 0 Å². The van der Waals surface area contributed by atoms with Gasteiger partial charge in [-0.15, -0.1) is 0 Å². The fourth-order valence-electron chi connectivity index (χ4n) is 8.21. The summed E-state index contributed by atoms with van der Waals surface area (Å²) in [5.41, 5.74) is 11.4. The number of hydrogen-bond donors (Lipinski definition) is 0. The van der Waals surface area contributed by atoms with Crippen LogP contribution in [0.2, 0.25) is 0 Å². The molecule has 1 aliphatic carbocycles. The van der Waals surface area contributed by atoms with Crippen LogP contribution in [0.4, 0.5) is 0 Å². The van der Waals surface area contributed by atoms with E-state index in [2.05, 4.69) is 95.6 Å². The molecule has 0 spiro atoms. The van der Waals surface area contributed by atoms with Crippen molar-refractivity contribution in [2.45, 2.75) is 0 Å². The molecule has 0 aliphatic heterocycles. The highest BCUT2D eigenvalue weighted by Gasteiger charge is 2.28. The Bertz CT molecular complexity index is 3200. The highest BCUT2D eigenvalue weighted by molar-refractivity contribution is 6.38. The first-order valence-corrected chi connectivity index (χ1v) is 15.8. The summed E-state index contributed by atoms with van der Waals surface area (Å²) in [7, 11) is 0. The lowest BCUT2D eigenvalue weighted by atomic mass is 9.95. The van der Waals surface area contributed by atoms with Crippen LogP contribution in [-0.2, 0) is 0 Å². The maximum absolute atomic E-state index is 6.57. The van der Waals surface area contributed by atoms with Crippen molar-refractivity contribution in [3.63, 3.8) is 0 Å². The molecule has 11 aromatic rings. The number of aromatic nitrogens is 3. The topological polar surface area (TPSA) is 57.0 Å². The second-order valence-electron chi connectivity index (χ2n) is 12.5. The lowest BCUT2D eigenvalue weighted by Crippen LogP contribution is -2.04. The molecule has 0 unspecified atom stereocenters. The van der Waals surface area contributed by atoms with E-state index in [1.807, 2.05) is 36.4 Å². The van der Waals surface area contributed by atoms with Crippen LogP contribution in [0.15, 0.2) is 136 Å². The lowest BCUT2D eigenvalue weighted by Gasteiger charge is -2.15. The average Bonchev–Trinajstić information content (AvgIpc) is 3.77. The van der Waals surface area contributed by atoms with E-state index < -0.39 is 0 Å². The minimum Gasteiger partial charge on any atom is -0.456 e. The molecule has 4 heterocycles. The molecule has 4 aromatic heterocycles. The molecule has 0 atom stereocenters. The first-order valence-electron chi connectivity index (χ1n) is 15.8. The monoisotopic (exact) mass is 599 g/mol. The Balaban J connectivity index is 1.32. The minimum atomic E-state index is 0.765. The lowest BCUT2D eigenvalue weighted by molar-refractivity contribution is 0.669. The van der Waals surface area contributed by atoms with Gasteiger partial charge in [0.15, 0.2) is 5.82 Å². The number of fused-ring (bicyclic) bond motifs is 5. The summed E-state index contributed by atoms with van der Waals surface area (Å²) < 4.78 is 15.4. The van der Waals surface area contributed by atoms with Crippen molar-refractivity contribution in [2.75, 3.05) is 0 Å².